The van der Waals surface area contributed by atoms with Gasteiger partial charge in [-0.2, -0.15) is 4.31 Å². The highest BCUT2D eigenvalue weighted by atomic mass is 32.2. The van der Waals surface area contributed by atoms with Crippen molar-refractivity contribution in [2.24, 2.45) is 5.73 Å². The molecular weight excluding hydrogens is 396 g/mol. The van der Waals surface area contributed by atoms with Gasteiger partial charge in [-0.1, -0.05) is 35.9 Å². The Bertz CT molecular complexity index is 1140. The molecule has 28 heavy (non-hydrogen) atoms. The van der Waals surface area contributed by atoms with Gasteiger partial charge in [0.2, 0.25) is 10.0 Å². The normalized spacial score (nSPS) is 18.4. The molecule has 8 heteroatoms. The summed E-state index contributed by atoms with van der Waals surface area (Å²) in [6, 6.07) is 14.4. The number of carbonyl (C=O) groups excluding carboxylic acids is 1. The highest BCUT2D eigenvalue weighted by Crippen LogP contribution is 2.38. The van der Waals surface area contributed by atoms with Crippen molar-refractivity contribution in [2.45, 2.75) is 17.9 Å². The summed E-state index contributed by atoms with van der Waals surface area (Å²) in [4.78, 5) is 12.7. The first-order valence-electron chi connectivity index (χ1n) is 8.87. The van der Waals surface area contributed by atoms with Crippen molar-refractivity contribution in [1.29, 1.82) is 0 Å². The van der Waals surface area contributed by atoms with Crippen LogP contribution in [0.5, 0.6) is 0 Å². The maximum absolute atomic E-state index is 13.1. The van der Waals surface area contributed by atoms with Gasteiger partial charge in [-0.15, -0.1) is 11.3 Å². The van der Waals surface area contributed by atoms with Crippen LogP contribution in [0.4, 0.5) is 0 Å². The fraction of sp³-hybridized carbons (Fsp3) is 0.250. The molecule has 1 saturated heterocycles. The van der Waals surface area contributed by atoms with Gasteiger partial charge in [0, 0.05) is 23.4 Å². The van der Waals surface area contributed by atoms with E-state index in [9.17, 15) is 13.2 Å². The molecule has 0 saturated carbocycles. The van der Waals surface area contributed by atoms with Crippen LogP contribution < -0.4 is 5.73 Å². The number of nitrogens with two attached hydrogens (primary N) is 1. The largest absolute Gasteiger partial charge is 0.371 e. The van der Waals surface area contributed by atoms with Gasteiger partial charge in [-0.25, -0.2) is 8.42 Å². The molecule has 146 valence electrons. The lowest BCUT2D eigenvalue weighted by Gasteiger charge is -2.32. The van der Waals surface area contributed by atoms with Gasteiger partial charge in [0.15, 0.2) is 0 Å². The van der Waals surface area contributed by atoms with Gasteiger partial charge in [0.1, 0.15) is 0 Å². The second-order valence-electron chi connectivity index (χ2n) is 6.74. The van der Waals surface area contributed by atoms with Gasteiger partial charge in [0.25, 0.3) is 5.91 Å². The van der Waals surface area contributed by atoms with Crippen molar-refractivity contribution in [2.75, 3.05) is 19.7 Å². The van der Waals surface area contributed by atoms with Crippen LogP contribution in [0.1, 0.15) is 26.9 Å². The summed E-state index contributed by atoms with van der Waals surface area (Å²) in [6.45, 7) is 2.56. The van der Waals surface area contributed by atoms with E-state index >= 15 is 0 Å². The summed E-state index contributed by atoms with van der Waals surface area (Å²) in [5.74, 6) is -0.529. The summed E-state index contributed by atoms with van der Waals surface area (Å²) >= 11 is 1.31. The summed E-state index contributed by atoms with van der Waals surface area (Å²) in [5, 5.41) is 0.876. The minimum absolute atomic E-state index is 0.136. The number of sulfonamides is 1. The van der Waals surface area contributed by atoms with E-state index in [1.165, 1.54) is 15.6 Å². The molecule has 0 radical (unpaired) electrons. The molecule has 2 N–H and O–H groups in total. The Labute approximate surface area is 167 Å². The third-order valence-electron chi connectivity index (χ3n) is 4.87. The Morgan fingerprint density at radius 2 is 1.89 bits per heavy atom. The minimum atomic E-state index is -3.65. The molecule has 0 aliphatic carbocycles. The van der Waals surface area contributed by atoms with E-state index in [1.807, 2.05) is 31.2 Å². The molecule has 3 aromatic rings. The molecule has 1 amide bonds. The van der Waals surface area contributed by atoms with Crippen molar-refractivity contribution in [1.82, 2.24) is 4.31 Å². The number of primary amides is 1. The molecule has 0 spiro atoms. The van der Waals surface area contributed by atoms with E-state index in [2.05, 4.69) is 0 Å². The number of hydrogen-bond donors (Lipinski definition) is 1. The Hall–Kier alpha value is -2.26. The highest BCUT2D eigenvalue weighted by Gasteiger charge is 2.34. The van der Waals surface area contributed by atoms with Gasteiger partial charge in [-0.05, 0) is 30.5 Å². The maximum Gasteiger partial charge on any atom is 0.259 e. The fourth-order valence-corrected chi connectivity index (χ4v) is 5.98. The quantitative estimate of drug-likeness (QED) is 0.708. The number of aryl methyl sites for hydroxylation is 1. The number of carbonyl (C=O) groups is 1. The van der Waals surface area contributed by atoms with Crippen LogP contribution in [-0.2, 0) is 14.8 Å². The lowest BCUT2D eigenvalue weighted by atomic mass is 10.0. The predicted octanol–water partition coefficient (Wildman–Crippen LogP) is 3.07. The first-order valence-corrected chi connectivity index (χ1v) is 11.1. The lowest BCUT2D eigenvalue weighted by Crippen LogP contribution is -2.42. The number of hydrogen-bond acceptors (Lipinski definition) is 5. The average molecular weight is 417 g/mol. The van der Waals surface area contributed by atoms with Crippen LogP contribution in [0.15, 0.2) is 53.4 Å². The van der Waals surface area contributed by atoms with E-state index in [0.717, 1.165) is 15.6 Å². The molecular formula is C20H20N2O4S2. The van der Waals surface area contributed by atoms with Gasteiger partial charge in [0.05, 0.1) is 22.5 Å². The number of amides is 1. The monoisotopic (exact) mass is 416 g/mol. The van der Waals surface area contributed by atoms with Gasteiger partial charge >= 0.3 is 0 Å². The number of benzene rings is 2. The summed E-state index contributed by atoms with van der Waals surface area (Å²) in [5.41, 5.74) is 7.27. The van der Waals surface area contributed by atoms with E-state index in [0.29, 0.717) is 10.4 Å². The zero-order valence-corrected chi connectivity index (χ0v) is 16.9. The summed E-state index contributed by atoms with van der Waals surface area (Å²) < 4.78 is 34.4. The van der Waals surface area contributed by atoms with E-state index in [-0.39, 0.29) is 24.6 Å². The SMILES string of the molecule is Cc1ccc(S(=O)(=O)N2CCOC(c3c(C(N)=O)sc4ccccc34)C2)cc1. The second-order valence-corrected chi connectivity index (χ2v) is 9.73. The van der Waals surface area contributed by atoms with Crippen molar-refractivity contribution in [3.05, 3.63) is 64.5 Å². The number of ether oxygens (including phenoxy) is 1. The molecule has 4 rings (SSSR count). The van der Waals surface area contributed by atoms with Gasteiger partial charge in [-0.3, -0.25) is 4.79 Å². The highest BCUT2D eigenvalue weighted by molar-refractivity contribution is 7.89. The molecule has 2 heterocycles. The number of fused-ring (bicyclic) bond motifs is 1. The smallest absolute Gasteiger partial charge is 0.259 e. The van der Waals surface area contributed by atoms with Crippen LogP contribution >= 0.6 is 11.3 Å². The van der Waals surface area contributed by atoms with Crippen LogP contribution in [0.2, 0.25) is 0 Å². The minimum Gasteiger partial charge on any atom is -0.371 e. The summed E-state index contributed by atoms with van der Waals surface area (Å²) in [6.07, 6.45) is -0.548. The first-order chi connectivity index (χ1) is 13.4. The number of nitrogens with zero attached hydrogens (tertiary/aromatic N) is 1. The van der Waals surface area contributed by atoms with Crippen molar-refractivity contribution in [3.63, 3.8) is 0 Å². The number of morpholine rings is 1. The number of rotatable bonds is 4. The first kappa shape index (κ1) is 19.1. The van der Waals surface area contributed by atoms with Crippen LogP contribution in [-0.4, -0.2) is 38.3 Å². The standard InChI is InChI=1S/C20H20N2O4S2/c1-13-6-8-14(9-7-13)28(24,25)22-10-11-26-16(12-22)18-15-4-2-3-5-17(15)27-19(18)20(21)23/h2-9,16H,10-12H2,1H3,(H2,21,23). The molecule has 0 bridgehead atoms. The third kappa shape index (κ3) is 3.33. The molecule has 1 atom stereocenters. The molecule has 1 fully saturated rings. The fourth-order valence-electron chi connectivity index (χ4n) is 3.45. The van der Waals surface area contributed by atoms with Crippen LogP contribution in [0, 0.1) is 6.92 Å². The Morgan fingerprint density at radius 1 is 1.18 bits per heavy atom. The molecule has 6 nitrogen and oxygen atoms in total. The third-order valence-corrected chi connectivity index (χ3v) is 7.95. The summed E-state index contributed by atoms with van der Waals surface area (Å²) in [7, 11) is -3.65. The molecule has 1 aliphatic rings. The Kier molecular flexibility index (Phi) is 4.96. The van der Waals surface area contributed by atoms with Gasteiger partial charge < -0.3 is 10.5 Å². The van der Waals surface area contributed by atoms with E-state index in [1.54, 1.807) is 24.3 Å². The van der Waals surface area contributed by atoms with Crippen molar-refractivity contribution >= 4 is 37.4 Å². The molecule has 2 aromatic carbocycles. The second kappa shape index (κ2) is 7.29. The lowest BCUT2D eigenvalue weighted by molar-refractivity contribution is -0.00188. The maximum atomic E-state index is 13.1. The van der Waals surface area contributed by atoms with Crippen LogP contribution in [0.25, 0.3) is 10.1 Å². The number of thiophene rings is 1. The Morgan fingerprint density at radius 3 is 2.61 bits per heavy atom. The van der Waals surface area contributed by atoms with Crippen LogP contribution in [0.3, 0.4) is 0 Å². The zero-order valence-electron chi connectivity index (χ0n) is 15.3. The van der Waals surface area contributed by atoms with E-state index in [4.69, 9.17) is 10.5 Å². The topological polar surface area (TPSA) is 89.7 Å². The molecule has 1 aromatic heterocycles. The molecule has 1 aliphatic heterocycles. The Balaban J connectivity index is 1.72. The van der Waals surface area contributed by atoms with E-state index < -0.39 is 22.0 Å². The zero-order chi connectivity index (χ0) is 19.9. The van der Waals surface area contributed by atoms with Crippen molar-refractivity contribution < 1.29 is 17.9 Å². The molecule has 1 unspecified atom stereocenters. The van der Waals surface area contributed by atoms with Crippen molar-refractivity contribution in [3.8, 4) is 0 Å². The predicted molar refractivity (Wildman–Crippen MR) is 109 cm³/mol. The average Bonchev–Trinajstić information content (AvgIpc) is 3.08.